The number of benzene rings is 2. The van der Waals surface area contributed by atoms with Gasteiger partial charge in [-0.05, 0) is 30.3 Å². The molecule has 0 radical (unpaired) electrons. The Labute approximate surface area is 175 Å². The highest BCUT2D eigenvalue weighted by Crippen LogP contribution is 2.35. The maximum Gasteiger partial charge on any atom is 0.416 e. The van der Waals surface area contributed by atoms with Crippen LogP contribution < -0.4 is 14.8 Å². The van der Waals surface area contributed by atoms with Crippen LogP contribution in [-0.2, 0) is 20.4 Å². The first-order valence-corrected chi connectivity index (χ1v) is 8.82. The highest BCUT2D eigenvalue weighted by molar-refractivity contribution is 5.97. The van der Waals surface area contributed by atoms with Crippen molar-refractivity contribution in [1.29, 1.82) is 0 Å². The molecular formula is C20H20F3NO7. The molecule has 11 heteroatoms. The summed E-state index contributed by atoms with van der Waals surface area (Å²) in [5.74, 6) is -2.04. The maximum absolute atomic E-state index is 13.0. The third-order valence-corrected chi connectivity index (χ3v) is 3.89. The Morgan fingerprint density at radius 3 is 2.42 bits per heavy atom. The predicted octanol–water partition coefficient (Wildman–Crippen LogP) is 3.24. The van der Waals surface area contributed by atoms with Crippen molar-refractivity contribution in [2.45, 2.75) is 6.18 Å². The van der Waals surface area contributed by atoms with Gasteiger partial charge in [0.1, 0.15) is 29.4 Å². The van der Waals surface area contributed by atoms with Crippen LogP contribution in [0.25, 0.3) is 0 Å². The molecule has 2 N–H and O–H groups in total. The lowest BCUT2D eigenvalue weighted by atomic mass is 10.1. The minimum Gasteiger partial charge on any atom is -0.507 e. The molecule has 2 rings (SSSR count). The SMILES string of the molecule is COCCOc1ccc(C(F)(F)F)cc1NC(=O)COC(=O)c1ccc(OC)cc1O. The van der Waals surface area contributed by atoms with Crippen molar-refractivity contribution in [2.75, 3.05) is 39.4 Å². The van der Waals surface area contributed by atoms with Crippen LogP contribution >= 0.6 is 0 Å². The van der Waals surface area contributed by atoms with E-state index in [0.717, 1.165) is 12.1 Å². The van der Waals surface area contributed by atoms with E-state index in [-0.39, 0.29) is 30.2 Å². The van der Waals surface area contributed by atoms with Gasteiger partial charge >= 0.3 is 12.1 Å². The fraction of sp³-hybridized carbons (Fsp3) is 0.300. The van der Waals surface area contributed by atoms with Crippen LogP contribution in [0.15, 0.2) is 36.4 Å². The minimum atomic E-state index is -4.64. The number of rotatable bonds is 9. The summed E-state index contributed by atoms with van der Waals surface area (Å²) in [7, 11) is 2.80. The fourth-order valence-corrected chi connectivity index (χ4v) is 2.37. The quantitative estimate of drug-likeness (QED) is 0.453. The molecule has 2 aromatic carbocycles. The molecule has 1 amide bonds. The van der Waals surface area contributed by atoms with E-state index < -0.39 is 36.0 Å². The second-order valence-corrected chi connectivity index (χ2v) is 6.06. The predicted molar refractivity (Wildman–Crippen MR) is 102 cm³/mol. The van der Waals surface area contributed by atoms with E-state index in [1.165, 1.54) is 32.4 Å². The van der Waals surface area contributed by atoms with Gasteiger partial charge in [0.2, 0.25) is 0 Å². The van der Waals surface area contributed by atoms with Crippen LogP contribution in [0.1, 0.15) is 15.9 Å². The third kappa shape index (κ3) is 6.78. The second-order valence-electron chi connectivity index (χ2n) is 6.06. The minimum absolute atomic E-state index is 0.0162. The first-order chi connectivity index (χ1) is 14.7. The lowest BCUT2D eigenvalue weighted by molar-refractivity contribution is -0.137. The van der Waals surface area contributed by atoms with Crippen molar-refractivity contribution >= 4 is 17.6 Å². The molecule has 0 fully saturated rings. The molecule has 0 heterocycles. The maximum atomic E-state index is 13.0. The van der Waals surface area contributed by atoms with Crippen LogP contribution in [0.4, 0.5) is 18.9 Å². The Balaban J connectivity index is 2.08. The normalized spacial score (nSPS) is 11.0. The molecule has 0 aliphatic rings. The van der Waals surface area contributed by atoms with Crippen molar-refractivity contribution < 1.29 is 46.8 Å². The molecule has 8 nitrogen and oxygen atoms in total. The number of esters is 1. The Bertz CT molecular complexity index is 931. The van der Waals surface area contributed by atoms with Crippen molar-refractivity contribution in [2.24, 2.45) is 0 Å². The number of aromatic hydroxyl groups is 1. The van der Waals surface area contributed by atoms with Crippen LogP contribution in [-0.4, -0.2) is 51.0 Å². The molecule has 31 heavy (non-hydrogen) atoms. The number of carbonyl (C=O) groups is 2. The smallest absolute Gasteiger partial charge is 0.416 e. The van der Waals surface area contributed by atoms with Gasteiger partial charge in [-0.2, -0.15) is 13.2 Å². The molecule has 0 aliphatic heterocycles. The summed E-state index contributed by atoms with van der Waals surface area (Å²) in [6, 6.07) is 6.41. The molecule has 0 aromatic heterocycles. The van der Waals surface area contributed by atoms with E-state index in [2.05, 4.69) is 5.32 Å². The summed E-state index contributed by atoms with van der Waals surface area (Å²) in [6.45, 7) is -0.591. The number of hydrogen-bond donors (Lipinski definition) is 2. The first kappa shape index (κ1) is 23.8. The molecule has 0 unspecified atom stereocenters. The van der Waals surface area contributed by atoms with Crippen molar-refractivity contribution in [1.82, 2.24) is 0 Å². The molecule has 0 saturated carbocycles. The van der Waals surface area contributed by atoms with Gasteiger partial charge in [0, 0.05) is 13.2 Å². The van der Waals surface area contributed by atoms with Gasteiger partial charge in [-0.15, -0.1) is 0 Å². The van der Waals surface area contributed by atoms with E-state index in [9.17, 15) is 27.9 Å². The van der Waals surface area contributed by atoms with Crippen LogP contribution in [0.3, 0.4) is 0 Å². The van der Waals surface area contributed by atoms with Gasteiger partial charge in [0.05, 0.1) is 25.0 Å². The Morgan fingerprint density at radius 2 is 1.81 bits per heavy atom. The number of amides is 1. The summed E-state index contributed by atoms with van der Waals surface area (Å²) < 4.78 is 58.9. The average Bonchev–Trinajstić information content (AvgIpc) is 2.72. The van der Waals surface area contributed by atoms with Gasteiger partial charge in [0.25, 0.3) is 5.91 Å². The highest BCUT2D eigenvalue weighted by atomic mass is 19.4. The van der Waals surface area contributed by atoms with Gasteiger partial charge in [-0.3, -0.25) is 4.79 Å². The lowest BCUT2D eigenvalue weighted by Crippen LogP contribution is -2.22. The molecule has 0 spiro atoms. The summed E-state index contributed by atoms with van der Waals surface area (Å²) in [5.41, 5.74) is -1.46. The monoisotopic (exact) mass is 443 g/mol. The van der Waals surface area contributed by atoms with E-state index in [0.29, 0.717) is 11.8 Å². The number of nitrogens with one attached hydrogen (secondary N) is 1. The largest absolute Gasteiger partial charge is 0.507 e. The molecule has 0 saturated heterocycles. The van der Waals surface area contributed by atoms with E-state index in [1.807, 2.05) is 0 Å². The summed E-state index contributed by atoms with van der Waals surface area (Å²) >= 11 is 0. The van der Waals surface area contributed by atoms with E-state index in [1.54, 1.807) is 0 Å². The van der Waals surface area contributed by atoms with Crippen molar-refractivity contribution in [3.63, 3.8) is 0 Å². The zero-order chi connectivity index (χ0) is 23.0. The summed E-state index contributed by atoms with van der Waals surface area (Å²) in [5, 5.41) is 12.0. The second kappa shape index (κ2) is 10.5. The third-order valence-electron chi connectivity index (χ3n) is 3.89. The van der Waals surface area contributed by atoms with Crippen molar-refractivity contribution in [3.05, 3.63) is 47.5 Å². The number of ether oxygens (including phenoxy) is 4. The van der Waals surface area contributed by atoms with Crippen LogP contribution in [0, 0.1) is 0 Å². The van der Waals surface area contributed by atoms with E-state index >= 15 is 0 Å². The molecule has 0 bridgehead atoms. The Hall–Kier alpha value is -3.47. The number of methoxy groups -OCH3 is 2. The highest BCUT2D eigenvalue weighted by Gasteiger charge is 2.31. The van der Waals surface area contributed by atoms with Gasteiger partial charge in [0.15, 0.2) is 6.61 Å². The van der Waals surface area contributed by atoms with Gasteiger partial charge < -0.3 is 29.4 Å². The van der Waals surface area contributed by atoms with Crippen molar-refractivity contribution in [3.8, 4) is 17.2 Å². The Kier molecular flexibility index (Phi) is 8.08. The molecular weight excluding hydrogens is 423 g/mol. The standard InChI is InChI=1S/C20H20F3NO7/c1-28-7-8-30-17-6-3-12(20(21,22)23)9-15(17)24-18(26)11-31-19(27)14-5-4-13(29-2)10-16(14)25/h3-6,9-10,25H,7-8,11H2,1-2H3,(H,24,26). The average molecular weight is 443 g/mol. The van der Waals surface area contributed by atoms with Gasteiger partial charge in [-0.25, -0.2) is 4.79 Å². The molecule has 0 aliphatic carbocycles. The number of anilines is 1. The number of halogens is 3. The van der Waals surface area contributed by atoms with E-state index in [4.69, 9.17) is 18.9 Å². The topological polar surface area (TPSA) is 103 Å². The summed E-state index contributed by atoms with van der Waals surface area (Å²) in [6.07, 6.45) is -4.64. The number of phenolic OH excluding ortho intramolecular Hbond substituents is 1. The zero-order valence-electron chi connectivity index (χ0n) is 16.6. The number of phenols is 1. The number of carbonyl (C=O) groups excluding carboxylic acids is 2. The fourth-order valence-electron chi connectivity index (χ4n) is 2.37. The van der Waals surface area contributed by atoms with Crippen LogP contribution in [0.2, 0.25) is 0 Å². The molecule has 2 aromatic rings. The number of alkyl halides is 3. The molecule has 0 atom stereocenters. The zero-order valence-corrected chi connectivity index (χ0v) is 16.6. The number of hydrogen-bond acceptors (Lipinski definition) is 7. The lowest BCUT2D eigenvalue weighted by Gasteiger charge is -2.15. The summed E-state index contributed by atoms with van der Waals surface area (Å²) in [4.78, 5) is 24.2. The van der Waals surface area contributed by atoms with Crippen LogP contribution in [0.5, 0.6) is 17.2 Å². The first-order valence-electron chi connectivity index (χ1n) is 8.82. The Morgan fingerprint density at radius 1 is 1.06 bits per heavy atom. The molecule has 168 valence electrons. The van der Waals surface area contributed by atoms with Gasteiger partial charge in [-0.1, -0.05) is 0 Å².